The Bertz CT molecular complexity index is 540. The Balaban J connectivity index is 0.000000346. The second-order valence-corrected chi connectivity index (χ2v) is 9.29. The average molecular weight is 348 g/mol. The number of ether oxygens (including phenoxy) is 1. The minimum absolute atomic E-state index is 0.261. The summed E-state index contributed by atoms with van der Waals surface area (Å²) in [5.74, 6) is 2.41. The summed E-state index contributed by atoms with van der Waals surface area (Å²) in [6.45, 7) is 8.66. The smallest absolute Gasteiger partial charge is 0.217 e. The van der Waals surface area contributed by atoms with Crippen LogP contribution < -0.4 is 0 Å². The highest BCUT2D eigenvalue weighted by atomic mass is 32.3. The van der Waals surface area contributed by atoms with E-state index in [0.717, 1.165) is 20.3 Å². The van der Waals surface area contributed by atoms with Crippen molar-refractivity contribution in [2.24, 2.45) is 0 Å². The molecule has 0 unspecified atom stereocenters. The van der Waals surface area contributed by atoms with Crippen molar-refractivity contribution in [2.75, 3.05) is 31.8 Å². The predicted molar refractivity (Wildman–Crippen MR) is 88.0 cm³/mol. The maximum Gasteiger partial charge on any atom is 0.217 e. The number of hydrogen-bond acceptors (Lipinski definition) is 5. The van der Waals surface area contributed by atoms with Crippen LogP contribution in [0.15, 0.2) is 29.2 Å². The van der Waals surface area contributed by atoms with Gasteiger partial charge in [-0.25, -0.2) is 8.42 Å². The highest BCUT2D eigenvalue weighted by Gasteiger charge is 2.25. The Kier molecular flexibility index (Phi) is 7.34. The van der Waals surface area contributed by atoms with Gasteiger partial charge in [-0.3, -0.25) is 4.18 Å². The lowest BCUT2D eigenvalue weighted by molar-refractivity contribution is 0.159. The van der Waals surface area contributed by atoms with E-state index < -0.39 is 10.4 Å². The van der Waals surface area contributed by atoms with Gasteiger partial charge in [0.2, 0.25) is 10.4 Å². The zero-order valence-electron chi connectivity index (χ0n) is 13.5. The molecule has 7 heteroatoms. The fourth-order valence-electron chi connectivity index (χ4n) is 1.91. The minimum Gasteiger partial charge on any atom is -0.726 e. The molecule has 5 nitrogen and oxygen atoms in total. The second-order valence-electron chi connectivity index (χ2n) is 5.86. The van der Waals surface area contributed by atoms with Crippen LogP contribution in [0.25, 0.3) is 0 Å². The molecule has 0 aliphatic carbocycles. The van der Waals surface area contributed by atoms with Gasteiger partial charge in [-0.05, 0) is 23.1 Å². The standard InChI is InChI=1S/C14H21OS.CH4O4S/c1-14(2,3)12-4-6-13(7-5-12)16-10-8-15-9-11-16;1-5-6(2,3)4/h4-7H,8-11H2,1-3H3;1H3,(H,2,3,4)/q+1;/p-1. The molecule has 22 heavy (non-hydrogen) atoms. The summed E-state index contributed by atoms with van der Waals surface area (Å²) >= 11 is 0. The summed E-state index contributed by atoms with van der Waals surface area (Å²) in [6.07, 6.45) is 0. The molecule has 0 N–H and O–H groups in total. The Hall–Kier alpha value is -0.600. The molecule has 2 rings (SSSR count). The molecule has 0 amide bonds. The zero-order valence-corrected chi connectivity index (χ0v) is 15.1. The maximum absolute atomic E-state index is 9.22. The molecule has 0 radical (unpaired) electrons. The fraction of sp³-hybridized carbons (Fsp3) is 0.600. The van der Waals surface area contributed by atoms with Gasteiger partial charge >= 0.3 is 0 Å². The summed E-state index contributed by atoms with van der Waals surface area (Å²) in [5.41, 5.74) is 1.69. The van der Waals surface area contributed by atoms with Gasteiger partial charge in [0, 0.05) is 10.9 Å². The molecule has 0 bridgehead atoms. The molecule has 1 fully saturated rings. The van der Waals surface area contributed by atoms with Crippen LogP contribution in [0.3, 0.4) is 0 Å². The van der Waals surface area contributed by atoms with Crippen LogP contribution in [0.2, 0.25) is 0 Å². The molecule has 126 valence electrons. The number of hydrogen-bond donors (Lipinski definition) is 0. The molecule has 0 saturated carbocycles. The Morgan fingerprint density at radius 2 is 1.59 bits per heavy atom. The molecule has 0 aromatic heterocycles. The van der Waals surface area contributed by atoms with E-state index in [1.54, 1.807) is 0 Å². The monoisotopic (exact) mass is 348 g/mol. The first-order valence-electron chi connectivity index (χ1n) is 7.01. The van der Waals surface area contributed by atoms with Gasteiger partial charge in [-0.15, -0.1) is 0 Å². The quantitative estimate of drug-likeness (QED) is 0.465. The van der Waals surface area contributed by atoms with Crippen LogP contribution in [-0.2, 0) is 35.6 Å². The molecule has 1 saturated heterocycles. The lowest BCUT2D eigenvalue weighted by Gasteiger charge is -2.19. The third-order valence-corrected chi connectivity index (χ3v) is 5.87. The van der Waals surface area contributed by atoms with Crippen LogP contribution in [-0.4, -0.2) is 44.8 Å². The van der Waals surface area contributed by atoms with Crippen LogP contribution >= 0.6 is 0 Å². The van der Waals surface area contributed by atoms with Gasteiger partial charge in [0.25, 0.3) is 0 Å². The van der Waals surface area contributed by atoms with Crippen molar-refractivity contribution in [1.29, 1.82) is 0 Å². The van der Waals surface area contributed by atoms with E-state index in [9.17, 15) is 13.0 Å². The van der Waals surface area contributed by atoms with E-state index in [1.165, 1.54) is 22.0 Å². The van der Waals surface area contributed by atoms with Gasteiger partial charge in [-0.2, -0.15) is 0 Å². The zero-order chi connectivity index (χ0) is 16.8. The summed E-state index contributed by atoms with van der Waals surface area (Å²) in [5, 5.41) is 0. The molecule has 1 heterocycles. The average Bonchev–Trinajstić information content (AvgIpc) is 2.47. The summed E-state index contributed by atoms with van der Waals surface area (Å²) < 4.78 is 36.4. The Morgan fingerprint density at radius 3 is 1.95 bits per heavy atom. The highest BCUT2D eigenvalue weighted by molar-refractivity contribution is 7.97. The molecule has 1 aliphatic heterocycles. The molecule has 0 atom stereocenters. The van der Waals surface area contributed by atoms with E-state index in [2.05, 4.69) is 49.2 Å². The topological polar surface area (TPSA) is 75.7 Å². The molecular formula is C15H24O5S2. The molecule has 0 spiro atoms. The lowest BCUT2D eigenvalue weighted by Crippen LogP contribution is -2.26. The van der Waals surface area contributed by atoms with Gasteiger partial charge in [-0.1, -0.05) is 32.9 Å². The second kappa shape index (κ2) is 8.31. The van der Waals surface area contributed by atoms with Crippen molar-refractivity contribution in [2.45, 2.75) is 31.1 Å². The van der Waals surface area contributed by atoms with E-state index in [0.29, 0.717) is 10.9 Å². The van der Waals surface area contributed by atoms with Crippen molar-refractivity contribution >= 4 is 21.3 Å². The Labute approximate surface area is 136 Å². The molecule has 1 aromatic carbocycles. The van der Waals surface area contributed by atoms with E-state index in [1.807, 2.05) is 0 Å². The van der Waals surface area contributed by atoms with Gasteiger partial charge in [0.05, 0.1) is 20.3 Å². The number of benzene rings is 1. The Morgan fingerprint density at radius 1 is 1.14 bits per heavy atom. The van der Waals surface area contributed by atoms with Crippen molar-refractivity contribution in [1.82, 2.24) is 0 Å². The van der Waals surface area contributed by atoms with E-state index >= 15 is 0 Å². The minimum atomic E-state index is -4.41. The van der Waals surface area contributed by atoms with Gasteiger partial charge < -0.3 is 9.29 Å². The van der Waals surface area contributed by atoms with Crippen molar-refractivity contribution in [3.63, 3.8) is 0 Å². The van der Waals surface area contributed by atoms with Gasteiger partial charge in [0.1, 0.15) is 11.5 Å². The van der Waals surface area contributed by atoms with Gasteiger partial charge in [0.15, 0.2) is 4.90 Å². The highest BCUT2D eigenvalue weighted by Crippen LogP contribution is 2.24. The maximum atomic E-state index is 9.22. The third-order valence-electron chi connectivity index (χ3n) is 3.21. The van der Waals surface area contributed by atoms with Crippen molar-refractivity contribution in [3.8, 4) is 0 Å². The van der Waals surface area contributed by atoms with Crippen LogP contribution in [0.4, 0.5) is 0 Å². The van der Waals surface area contributed by atoms with Crippen LogP contribution in [0.1, 0.15) is 26.3 Å². The first kappa shape index (κ1) is 19.4. The predicted octanol–water partition coefficient (Wildman–Crippen LogP) is 2.08. The fourth-order valence-corrected chi connectivity index (χ4v) is 3.74. The summed E-state index contributed by atoms with van der Waals surface area (Å²) in [7, 11) is -3.17. The molecule has 1 aromatic rings. The van der Waals surface area contributed by atoms with E-state index in [4.69, 9.17) is 4.74 Å². The first-order chi connectivity index (χ1) is 10.1. The lowest BCUT2D eigenvalue weighted by atomic mass is 9.87. The first-order valence-corrected chi connectivity index (χ1v) is 9.90. The summed E-state index contributed by atoms with van der Waals surface area (Å²) in [4.78, 5) is 1.51. The largest absolute Gasteiger partial charge is 0.726 e. The normalized spacial score (nSPS) is 16.8. The van der Waals surface area contributed by atoms with Crippen LogP contribution in [0.5, 0.6) is 0 Å². The van der Waals surface area contributed by atoms with Crippen molar-refractivity contribution < 1.29 is 21.9 Å². The molecular weight excluding hydrogens is 324 g/mol. The van der Waals surface area contributed by atoms with Crippen LogP contribution in [0, 0.1) is 0 Å². The molecule has 1 aliphatic rings. The van der Waals surface area contributed by atoms with Crippen molar-refractivity contribution in [3.05, 3.63) is 29.8 Å². The number of rotatable bonds is 2. The third kappa shape index (κ3) is 7.11. The summed E-state index contributed by atoms with van der Waals surface area (Å²) in [6, 6.07) is 9.21. The van der Waals surface area contributed by atoms with E-state index in [-0.39, 0.29) is 5.41 Å². The SMILES string of the molecule is CC(C)(C)c1ccc([S+]2CCOCC2)cc1.COS(=O)(=O)[O-].